The van der Waals surface area contributed by atoms with E-state index in [1.807, 2.05) is 0 Å². The van der Waals surface area contributed by atoms with Gasteiger partial charge in [0, 0.05) is 0 Å². The van der Waals surface area contributed by atoms with Gasteiger partial charge in [0.15, 0.2) is 12.2 Å². The lowest BCUT2D eigenvalue weighted by atomic mass is 10.4. The van der Waals surface area contributed by atoms with Crippen molar-refractivity contribution in [3.63, 3.8) is 0 Å². The van der Waals surface area contributed by atoms with Gasteiger partial charge in [-0.25, -0.2) is 4.98 Å². The molecule has 0 aliphatic rings. The van der Waals surface area contributed by atoms with Crippen molar-refractivity contribution in [1.82, 2.24) is 4.98 Å². The molecule has 0 radical (unpaired) electrons. The molecule has 0 aliphatic heterocycles. The summed E-state index contributed by atoms with van der Waals surface area (Å²) in [6, 6.07) is 3.22. The van der Waals surface area contributed by atoms with Crippen molar-refractivity contribution in [3.8, 4) is 10.6 Å². The fourth-order valence-corrected chi connectivity index (χ4v) is 2.29. The van der Waals surface area contributed by atoms with Crippen LogP contribution in [0.5, 0.6) is 0 Å². The Hall–Kier alpha value is -0.980. The minimum atomic E-state index is -2.16. The van der Waals surface area contributed by atoms with Crippen LogP contribution in [0, 0.1) is 0 Å². The second kappa shape index (κ2) is 3.41. The first-order valence-electron chi connectivity index (χ1n) is 3.35. The highest BCUT2D eigenvalue weighted by Crippen LogP contribution is 2.28. The summed E-state index contributed by atoms with van der Waals surface area (Å²) in [7, 11) is 0. The average molecular weight is 214 g/mol. The molecular formula is C7H4NO3S2-. The molecule has 2 heterocycles. The van der Waals surface area contributed by atoms with Crippen LogP contribution in [0.1, 0.15) is 0 Å². The van der Waals surface area contributed by atoms with E-state index in [4.69, 9.17) is 4.42 Å². The van der Waals surface area contributed by atoms with Crippen molar-refractivity contribution < 1.29 is 13.2 Å². The third kappa shape index (κ3) is 1.69. The van der Waals surface area contributed by atoms with Gasteiger partial charge in [0.25, 0.3) is 0 Å². The molecule has 0 bridgehead atoms. The van der Waals surface area contributed by atoms with E-state index in [0.29, 0.717) is 9.97 Å². The molecule has 0 N–H and O–H groups in total. The molecule has 1 atom stereocenters. The van der Waals surface area contributed by atoms with Gasteiger partial charge < -0.3 is 8.97 Å². The number of aromatic nitrogens is 1. The first kappa shape index (κ1) is 8.61. The van der Waals surface area contributed by atoms with Crippen LogP contribution >= 0.6 is 11.3 Å². The number of hydrogen-bond donors (Lipinski definition) is 0. The fraction of sp³-hybridized carbons (Fsp3) is 0. The summed E-state index contributed by atoms with van der Waals surface area (Å²) in [4.78, 5) is 4.50. The van der Waals surface area contributed by atoms with Crippen molar-refractivity contribution in [2.75, 3.05) is 0 Å². The molecule has 0 aromatic carbocycles. The largest absolute Gasteiger partial charge is 0.768 e. The maximum atomic E-state index is 10.5. The van der Waals surface area contributed by atoms with Gasteiger partial charge in [-0.2, -0.15) is 0 Å². The summed E-state index contributed by atoms with van der Waals surface area (Å²) in [5, 5.41) is 0. The maximum absolute atomic E-state index is 10.5. The molecule has 0 saturated heterocycles. The van der Waals surface area contributed by atoms with Gasteiger partial charge in [-0.05, 0) is 23.2 Å². The molecule has 0 fully saturated rings. The highest BCUT2D eigenvalue weighted by molar-refractivity contribution is 7.81. The maximum Gasteiger partial charge on any atom is 0.181 e. The molecule has 6 heteroatoms. The van der Waals surface area contributed by atoms with Crippen LogP contribution in [0.2, 0.25) is 0 Å². The normalized spacial score (nSPS) is 13.0. The van der Waals surface area contributed by atoms with Crippen LogP contribution < -0.4 is 0 Å². The van der Waals surface area contributed by atoms with Crippen molar-refractivity contribution in [1.29, 1.82) is 0 Å². The minimum absolute atomic E-state index is 0.298. The van der Waals surface area contributed by atoms with Crippen LogP contribution in [-0.2, 0) is 11.1 Å². The minimum Gasteiger partial charge on any atom is -0.768 e. The Morgan fingerprint density at radius 3 is 2.92 bits per heavy atom. The fourth-order valence-electron chi connectivity index (χ4n) is 0.880. The molecule has 0 saturated carbocycles. The van der Waals surface area contributed by atoms with E-state index in [0.717, 1.165) is 16.2 Å². The van der Waals surface area contributed by atoms with Gasteiger partial charge in [-0.1, -0.05) is 0 Å². The van der Waals surface area contributed by atoms with Crippen molar-refractivity contribution in [3.05, 3.63) is 24.7 Å². The summed E-state index contributed by atoms with van der Waals surface area (Å²) < 4.78 is 26.4. The third-order valence-corrected chi connectivity index (χ3v) is 3.44. The summed E-state index contributed by atoms with van der Waals surface area (Å²) in [5.41, 5.74) is 0. The van der Waals surface area contributed by atoms with Crippen LogP contribution in [0.3, 0.4) is 0 Å². The molecule has 68 valence electrons. The Morgan fingerprint density at radius 1 is 1.54 bits per heavy atom. The topological polar surface area (TPSA) is 66.2 Å². The second-order valence-electron chi connectivity index (χ2n) is 2.22. The summed E-state index contributed by atoms with van der Waals surface area (Å²) >= 11 is -1.01. The average Bonchev–Trinajstić information content (AvgIpc) is 2.75. The van der Waals surface area contributed by atoms with Crippen LogP contribution in [0.25, 0.3) is 10.6 Å². The van der Waals surface area contributed by atoms with E-state index < -0.39 is 11.1 Å². The predicted octanol–water partition coefficient (Wildman–Crippen LogP) is 1.64. The summed E-state index contributed by atoms with van der Waals surface area (Å²) in [6.07, 6.45) is 2.85. The number of oxazole rings is 1. The van der Waals surface area contributed by atoms with Crippen LogP contribution in [-0.4, -0.2) is 13.7 Å². The lowest BCUT2D eigenvalue weighted by Crippen LogP contribution is -1.80. The molecule has 13 heavy (non-hydrogen) atoms. The summed E-state index contributed by atoms with van der Waals surface area (Å²) in [6.45, 7) is 0. The Morgan fingerprint density at radius 2 is 2.38 bits per heavy atom. The van der Waals surface area contributed by atoms with Gasteiger partial charge in [0.1, 0.15) is 0 Å². The molecule has 2 aromatic heterocycles. The SMILES string of the molecule is O=S([O-])c1ccc(-c2cnco2)s1. The first-order chi connectivity index (χ1) is 6.27. The van der Waals surface area contributed by atoms with Gasteiger partial charge >= 0.3 is 0 Å². The Balaban J connectivity index is 2.39. The van der Waals surface area contributed by atoms with Crippen molar-refractivity contribution >= 4 is 22.4 Å². The Bertz CT molecular complexity index is 421. The number of hydrogen-bond acceptors (Lipinski definition) is 5. The molecule has 0 spiro atoms. The number of nitrogens with zero attached hydrogens (tertiary/aromatic N) is 1. The smallest absolute Gasteiger partial charge is 0.181 e. The van der Waals surface area contributed by atoms with E-state index >= 15 is 0 Å². The van der Waals surface area contributed by atoms with Crippen LogP contribution in [0.4, 0.5) is 0 Å². The first-order valence-corrected chi connectivity index (χ1v) is 5.24. The highest BCUT2D eigenvalue weighted by atomic mass is 32.2. The predicted molar refractivity (Wildman–Crippen MR) is 47.0 cm³/mol. The van der Waals surface area contributed by atoms with E-state index in [2.05, 4.69) is 4.98 Å². The second-order valence-corrected chi connectivity index (χ2v) is 4.47. The van der Waals surface area contributed by atoms with E-state index in [-0.39, 0.29) is 0 Å². The molecule has 2 rings (SSSR count). The Kier molecular flexibility index (Phi) is 2.26. The molecule has 2 aromatic rings. The van der Waals surface area contributed by atoms with E-state index in [1.54, 1.807) is 12.3 Å². The lowest BCUT2D eigenvalue weighted by Gasteiger charge is -1.97. The lowest BCUT2D eigenvalue weighted by molar-refractivity contribution is 0.539. The number of thiophene rings is 1. The summed E-state index contributed by atoms with van der Waals surface area (Å²) in [5.74, 6) is 0.585. The Labute approximate surface area is 80.5 Å². The van der Waals surface area contributed by atoms with Gasteiger partial charge in [-0.15, -0.1) is 11.3 Å². The number of rotatable bonds is 2. The zero-order valence-electron chi connectivity index (χ0n) is 6.30. The molecule has 1 unspecified atom stereocenters. The molecular weight excluding hydrogens is 210 g/mol. The van der Waals surface area contributed by atoms with Crippen molar-refractivity contribution in [2.45, 2.75) is 4.21 Å². The zero-order valence-corrected chi connectivity index (χ0v) is 7.93. The zero-order chi connectivity index (χ0) is 9.26. The standard InChI is InChI=1S/C7H5NO3S2/c9-13(10)7-2-1-6(12-7)5-3-8-4-11-5/h1-4H,(H,9,10)/p-1. The van der Waals surface area contributed by atoms with Gasteiger partial charge in [0.05, 0.1) is 15.3 Å². The third-order valence-electron chi connectivity index (χ3n) is 1.42. The van der Waals surface area contributed by atoms with Crippen molar-refractivity contribution in [2.24, 2.45) is 0 Å². The molecule has 0 amide bonds. The van der Waals surface area contributed by atoms with Gasteiger partial charge in [-0.3, -0.25) is 4.21 Å². The highest BCUT2D eigenvalue weighted by Gasteiger charge is 2.05. The quantitative estimate of drug-likeness (QED) is 0.713. The monoisotopic (exact) mass is 214 g/mol. The van der Waals surface area contributed by atoms with Crippen LogP contribution in [0.15, 0.2) is 33.3 Å². The van der Waals surface area contributed by atoms with E-state index in [9.17, 15) is 8.76 Å². The van der Waals surface area contributed by atoms with E-state index in [1.165, 1.54) is 12.5 Å². The molecule has 0 aliphatic carbocycles. The molecule has 4 nitrogen and oxygen atoms in total. The van der Waals surface area contributed by atoms with Gasteiger partial charge in [0.2, 0.25) is 0 Å².